The minimum atomic E-state index is -4.64. The van der Waals surface area contributed by atoms with Crippen molar-refractivity contribution in [1.29, 1.82) is 0 Å². The van der Waals surface area contributed by atoms with E-state index in [-0.39, 0.29) is 0 Å². The maximum Gasteiger partial charge on any atom is 0.446 e. The van der Waals surface area contributed by atoms with E-state index in [1.165, 1.54) is 56.0 Å². The lowest BCUT2D eigenvalue weighted by molar-refractivity contribution is -0.156. The summed E-state index contributed by atoms with van der Waals surface area (Å²) in [4.78, 5) is 20.6. The van der Waals surface area contributed by atoms with Gasteiger partial charge < -0.3 is 14.2 Å². The fourth-order valence-electron chi connectivity index (χ4n) is 6.67. The molecule has 4 saturated carbocycles. The molecule has 0 aliphatic heterocycles. The molecule has 1 N–H and O–H groups in total. The van der Waals surface area contributed by atoms with Gasteiger partial charge in [-0.2, -0.15) is 23.0 Å². The number of hydrogen-bond donors (Lipinski definition) is 1. The SMILES string of the molecule is CC(C)(C)OC(=O)n1ccc(OCC2C[C@H]3CC[C@@H]2C3)n1.O=CC(F)(F)F.c1cc(OCC2C[C@H]3CC[C@@H]2C3)[nH]n1. The molecule has 0 radical (unpaired) electrons. The van der Waals surface area contributed by atoms with Gasteiger partial charge in [0.15, 0.2) is 0 Å². The van der Waals surface area contributed by atoms with E-state index in [0.717, 1.165) is 42.1 Å². The first kappa shape index (κ1) is 30.9. The number of carbonyl (C=O) groups excluding carboxylic acids is 2. The minimum absolute atomic E-state index is 0.475. The first-order chi connectivity index (χ1) is 19.4. The Labute approximate surface area is 238 Å². The lowest BCUT2D eigenvalue weighted by Gasteiger charge is -2.21. The average Bonchev–Trinajstić information content (AvgIpc) is 3.75. The van der Waals surface area contributed by atoms with Crippen LogP contribution in [0, 0.1) is 35.5 Å². The second-order valence-corrected chi connectivity index (χ2v) is 12.7. The maximum absolute atomic E-state index is 11.9. The van der Waals surface area contributed by atoms with Gasteiger partial charge in [-0.1, -0.05) is 12.8 Å². The second kappa shape index (κ2) is 13.3. The number of hydrogen-bond acceptors (Lipinski definition) is 7. The lowest BCUT2D eigenvalue weighted by Crippen LogP contribution is -2.27. The molecule has 2 aromatic heterocycles. The molecule has 4 aliphatic rings. The number of aldehydes is 1. The molecule has 4 aliphatic carbocycles. The fourth-order valence-corrected chi connectivity index (χ4v) is 6.67. The van der Waals surface area contributed by atoms with Crippen molar-refractivity contribution in [3.05, 3.63) is 24.5 Å². The number of aromatic nitrogens is 4. The van der Waals surface area contributed by atoms with E-state index in [1.54, 1.807) is 18.5 Å². The molecular formula is C29H41F3N4O5. The molecule has 2 heterocycles. The molecule has 4 bridgehead atoms. The van der Waals surface area contributed by atoms with Crippen molar-refractivity contribution < 1.29 is 37.0 Å². The summed E-state index contributed by atoms with van der Waals surface area (Å²) in [6, 6.07) is 3.60. The van der Waals surface area contributed by atoms with Crippen LogP contribution in [0.25, 0.3) is 0 Å². The lowest BCUT2D eigenvalue weighted by atomic mass is 9.90. The Morgan fingerprint density at radius 1 is 0.976 bits per heavy atom. The molecule has 12 heteroatoms. The fraction of sp³-hybridized carbons (Fsp3) is 0.724. The Bertz CT molecular complexity index is 1110. The summed E-state index contributed by atoms with van der Waals surface area (Å²) in [5, 5.41) is 10.8. The number of ether oxygens (including phenoxy) is 3. The van der Waals surface area contributed by atoms with Crippen LogP contribution in [-0.2, 0) is 9.53 Å². The highest BCUT2D eigenvalue weighted by Crippen LogP contribution is 2.49. The van der Waals surface area contributed by atoms with Crippen molar-refractivity contribution in [2.24, 2.45) is 35.5 Å². The Hall–Kier alpha value is -3.05. The third kappa shape index (κ3) is 9.49. The summed E-state index contributed by atoms with van der Waals surface area (Å²) in [6.07, 6.45) is 8.30. The Morgan fingerprint density at radius 2 is 1.56 bits per heavy atom. The van der Waals surface area contributed by atoms with Gasteiger partial charge in [0.2, 0.25) is 18.0 Å². The van der Waals surface area contributed by atoms with Gasteiger partial charge in [0.1, 0.15) is 5.60 Å². The van der Waals surface area contributed by atoms with Crippen LogP contribution in [0.3, 0.4) is 0 Å². The van der Waals surface area contributed by atoms with Gasteiger partial charge in [0, 0.05) is 18.3 Å². The van der Waals surface area contributed by atoms with Crippen LogP contribution in [-0.4, -0.2) is 57.3 Å². The van der Waals surface area contributed by atoms with Crippen molar-refractivity contribution in [2.45, 2.75) is 83.9 Å². The molecule has 9 nitrogen and oxygen atoms in total. The Kier molecular flexibility index (Phi) is 10.0. The molecule has 0 aromatic carbocycles. The molecule has 2 aromatic rings. The second-order valence-electron chi connectivity index (χ2n) is 12.7. The van der Waals surface area contributed by atoms with Gasteiger partial charge in [0.25, 0.3) is 0 Å². The highest BCUT2D eigenvalue weighted by Gasteiger charge is 2.40. The number of halogens is 3. The van der Waals surface area contributed by atoms with Crippen LogP contribution in [0.2, 0.25) is 0 Å². The van der Waals surface area contributed by atoms with Crippen molar-refractivity contribution in [3.63, 3.8) is 0 Å². The molecule has 2 unspecified atom stereocenters. The number of H-pyrrole nitrogens is 1. The quantitative estimate of drug-likeness (QED) is 0.390. The molecule has 6 rings (SSSR count). The molecule has 228 valence electrons. The molecule has 0 spiro atoms. The van der Waals surface area contributed by atoms with Crippen molar-refractivity contribution in [1.82, 2.24) is 20.0 Å². The first-order valence-corrected chi connectivity index (χ1v) is 14.5. The highest BCUT2D eigenvalue weighted by molar-refractivity contribution is 5.69. The largest absolute Gasteiger partial charge is 0.478 e. The summed E-state index contributed by atoms with van der Waals surface area (Å²) in [5.41, 5.74) is -0.521. The molecule has 0 saturated heterocycles. The number of carbonyl (C=O) groups is 2. The van der Waals surface area contributed by atoms with Crippen LogP contribution in [0.15, 0.2) is 24.5 Å². The van der Waals surface area contributed by atoms with Gasteiger partial charge in [-0.15, -0.1) is 5.10 Å². The van der Waals surface area contributed by atoms with Gasteiger partial charge in [-0.05, 0) is 94.8 Å². The minimum Gasteiger partial charge on any atom is -0.478 e. The van der Waals surface area contributed by atoms with Gasteiger partial charge in [0.05, 0.1) is 19.4 Å². The average molecular weight is 583 g/mol. The van der Waals surface area contributed by atoms with Gasteiger partial charge in [-0.25, -0.2) is 9.89 Å². The van der Waals surface area contributed by atoms with Crippen molar-refractivity contribution in [2.75, 3.05) is 13.2 Å². The predicted octanol–water partition coefficient (Wildman–Crippen LogP) is 6.45. The van der Waals surface area contributed by atoms with Crippen molar-refractivity contribution in [3.8, 4) is 11.8 Å². The standard InChI is InChI=1S/C16H24N2O3.C11H16N2O.C2HF3O/c1-16(2,3)21-15(19)18-7-6-14(17-18)20-10-13-9-11-4-5-12(13)8-11;1-2-9-5-8(1)6-10(9)7-14-11-3-4-12-13-11;3-2(4,5)1-6/h6-7,11-13H,4-5,8-10H2,1-3H3;3-4,8-10H,1-2,5-7H2,(H,12,13);1H/t11-,12+,13?;8-,9+,10?;/m00./s1. The van der Waals surface area contributed by atoms with E-state index in [4.69, 9.17) is 19.0 Å². The number of alkyl halides is 3. The molecule has 41 heavy (non-hydrogen) atoms. The molecule has 0 amide bonds. The Morgan fingerprint density at radius 3 is 2.00 bits per heavy atom. The third-order valence-corrected chi connectivity index (χ3v) is 8.42. The Balaban J connectivity index is 0.000000166. The molecular weight excluding hydrogens is 541 g/mol. The van der Waals surface area contributed by atoms with Crippen LogP contribution >= 0.6 is 0 Å². The van der Waals surface area contributed by atoms with Crippen LogP contribution < -0.4 is 9.47 Å². The normalized spacial score (nSPS) is 27.9. The zero-order valence-corrected chi connectivity index (χ0v) is 23.9. The molecule has 6 atom stereocenters. The number of aromatic amines is 1. The number of nitrogens with one attached hydrogen (secondary N) is 1. The van der Waals surface area contributed by atoms with Crippen LogP contribution in [0.4, 0.5) is 18.0 Å². The number of rotatable bonds is 6. The maximum atomic E-state index is 11.9. The van der Waals surface area contributed by atoms with Gasteiger partial charge in [-0.3, -0.25) is 4.79 Å². The summed E-state index contributed by atoms with van der Waals surface area (Å²) in [5.74, 6) is 6.49. The topological polar surface area (TPSA) is 108 Å². The predicted molar refractivity (Wildman–Crippen MR) is 143 cm³/mol. The van der Waals surface area contributed by atoms with E-state index in [1.807, 2.05) is 26.8 Å². The third-order valence-electron chi connectivity index (χ3n) is 8.42. The smallest absolute Gasteiger partial charge is 0.446 e. The summed E-state index contributed by atoms with van der Waals surface area (Å²) >= 11 is 0. The molecule has 4 fully saturated rings. The van der Waals surface area contributed by atoms with Gasteiger partial charge >= 0.3 is 12.3 Å². The van der Waals surface area contributed by atoms with Crippen molar-refractivity contribution >= 4 is 12.4 Å². The highest BCUT2D eigenvalue weighted by atomic mass is 19.4. The van der Waals surface area contributed by atoms with Crippen LogP contribution in [0.5, 0.6) is 11.8 Å². The van der Waals surface area contributed by atoms with E-state index >= 15 is 0 Å². The summed E-state index contributed by atoms with van der Waals surface area (Å²) in [7, 11) is 0. The van der Waals surface area contributed by atoms with E-state index in [2.05, 4.69) is 15.3 Å². The monoisotopic (exact) mass is 582 g/mol. The number of nitrogens with zero attached hydrogens (tertiary/aromatic N) is 3. The first-order valence-electron chi connectivity index (χ1n) is 14.5. The van der Waals surface area contributed by atoms with E-state index in [9.17, 15) is 18.0 Å². The van der Waals surface area contributed by atoms with Crippen LogP contribution in [0.1, 0.15) is 72.1 Å². The summed E-state index contributed by atoms with van der Waals surface area (Å²) < 4.78 is 49.1. The zero-order valence-electron chi connectivity index (χ0n) is 23.9. The van der Waals surface area contributed by atoms with E-state index < -0.39 is 24.2 Å². The summed E-state index contributed by atoms with van der Waals surface area (Å²) in [6.45, 7) is 7.10. The zero-order chi connectivity index (χ0) is 29.6. The van der Waals surface area contributed by atoms with E-state index in [0.29, 0.717) is 18.4 Å². The number of fused-ring (bicyclic) bond motifs is 4.